The molecule has 0 aromatic heterocycles. The third kappa shape index (κ3) is 0.888. The first-order valence-electron chi connectivity index (χ1n) is 6.79. The van der Waals surface area contributed by atoms with E-state index in [1.54, 1.807) is 0 Å². The molecule has 0 bridgehead atoms. The Morgan fingerprint density at radius 1 is 1.33 bits per heavy atom. The lowest BCUT2D eigenvalue weighted by atomic mass is 9.60. The van der Waals surface area contributed by atoms with Gasteiger partial charge in [0.05, 0.1) is 11.4 Å². The van der Waals surface area contributed by atoms with E-state index in [0.717, 1.165) is 12.1 Å². The summed E-state index contributed by atoms with van der Waals surface area (Å²) in [5.41, 5.74) is 2.01. The number of anilines is 2. The maximum atomic E-state index is 12.6. The Balaban J connectivity index is 1.95. The average Bonchev–Trinajstić information content (AvgIpc) is 2.72. The van der Waals surface area contributed by atoms with Gasteiger partial charge in [0.2, 0.25) is 0 Å². The van der Waals surface area contributed by atoms with Crippen molar-refractivity contribution < 1.29 is 4.79 Å². The first-order chi connectivity index (χ1) is 8.58. The van der Waals surface area contributed by atoms with Gasteiger partial charge in [0, 0.05) is 11.5 Å². The Morgan fingerprint density at radius 2 is 2.11 bits per heavy atom. The van der Waals surface area contributed by atoms with Crippen LogP contribution in [0.2, 0.25) is 0 Å². The van der Waals surface area contributed by atoms with E-state index in [1.807, 2.05) is 12.1 Å². The average molecular weight is 242 g/mol. The number of amides is 1. The quantitative estimate of drug-likeness (QED) is 0.758. The zero-order valence-corrected chi connectivity index (χ0v) is 10.9. The molecule has 1 amide bonds. The topological polar surface area (TPSA) is 32.3 Å². The second-order valence-corrected chi connectivity index (χ2v) is 6.33. The molecule has 94 valence electrons. The van der Waals surface area contributed by atoms with Crippen molar-refractivity contribution in [3.05, 3.63) is 24.3 Å². The molecule has 3 heteroatoms. The molecule has 3 aliphatic rings. The van der Waals surface area contributed by atoms with Gasteiger partial charge in [-0.2, -0.15) is 0 Å². The Hall–Kier alpha value is -1.51. The standard InChI is InChI=1S/C15H18N2O/c1-14(2)12-8-5-9-15(12)13(18)16-10-6-3-4-7-11(10)17(14)15/h3-4,6-7,12H,5,8-9H2,1-2H3,(H,16,18)/t12-,15-/m1/s1. The van der Waals surface area contributed by atoms with E-state index in [9.17, 15) is 4.79 Å². The molecule has 4 rings (SSSR count). The lowest BCUT2D eigenvalue weighted by Gasteiger charge is -2.68. The van der Waals surface area contributed by atoms with Crippen LogP contribution >= 0.6 is 0 Å². The molecular weight excluding hydrogens is 224 g/mol. The molecule has 0 radical (unpaired) electrons. The van der Waals surface area contributed by atoms with Crippen LogP contribution in [0.4, 0.5) is 11.4 Å². The van der Waals surface area contributed by atoms with Gasteiger partial charge in [-0.15, -0.1) is 0 Å². The summed E-state index contributed by atoms with van der Waals surface area (Å²) in [6.07, 6.45) is 3.35. The van der Waals surface area contributed by atoms with E-state index >= 15 is 0 Å². The molecule has 2 fully saturated rings. The molecule has 2 atom stereocenters. The fourth-order valence-electron chi connectivity index (χ4n) is 4.70. The lowest BCUT2D eigenvalue weighted by Crippen LogP contribution is -2.82. The highest BCUT2D eigenvalue weighted by Gasteiger charge is 2.71. The van der Waals surface area contributed by atoms with Gasteiger partial charge in [0.25, 0.3) is 5.91 Å². The summed E-state index contributed by atoms with van der Waals surface area (Å²) in [6.45, 7) is 4.55. The Bertz CT molecular complexity index is 551. The van der Waals surface area contributed by atoms with Gasteiger partial charge in [0.15, 0.2) is 0 Å². The number of hydrogen-bond acceptors (Lipinski definition) is 2. The molecule has 2 aliphatic heterocycles. The maximum absolute atomic E-state index is 12.6. The molecule has 2 heterocycles. The molecular formula is C15H18N2O. The molecule has 18 heavy (non-hydrogen) atoms. The number of benzene rings is 1. The van der Waals surface area contributed by atoms with Crippen molar-refractivity contribution in [3.63, 3.8) is 0 Å². The number of rotatable bonds is 0. The molecule has 1 saturated carbocycles. The summed E-state index contributed by atoms with van der Waals surface area (Å²) in [6, 6.07) is 8.17. The molecule has 1 saturated heterocycles. The van der Waals surface area contributed by atoms with E-state index in [4.69, 9.17) is 0 Å². The van der Waals surface area contributed by atoms with Gasteiger partial charge in [-0.25, -0.2) is 0 Å². The summed E-state index contributed by atoms with van der Waals surface area (Å²) in [7, 11) is 0. The fourth-order valence-corrected chi connectivity index (χ4v) is 4.70. The zero-order chi connectivity index (χ0) is 12.5. The predicted octanol–water partition coefficient (Wildman–Crippen LogP) is 2.78. The summed E-state index contributed by atoms with van der Waals surface area (Å²) in [4.78, 5) is 14.9. The van der Waals surface area contributed by atoms with Crippen LogP contribution in [0.15, 0.2) is 24.3 Å². The Morgan fingerprint density at radius 3 is 2.94 bits per heavy atom. The van der Waals surface area contributed by atoms with E-state index < -0.39 is 0 Å². The highest BCUT2D eigenvalue weighted by molar-refractivity contribution is 6.09. The number of fused-ring (bicyclic) bond motifs is 2. The van der Waals surface area contributed by atoms with Crippen LogP contribution in [0, 0.1) is 5.92 Å². The van der Waals surface area contributed by atoms with E-state index in [-0.39, 0.29) is 17.0 Å². The molecule has 1 N–H and O–H groups in total. The molecule has 1 spiro atoms. The normalized spacial score (nSPS) is 35.1. The van der Waals surface area contributed by atoms with Gasteiger partial charge in [0.1, 0.15) is 5.54 Å². The number of hydrogen-bond donors (Lipinski definition) is 1. The largest absolute Gasteiger partial charge is 0.349 e. The van der Waals surface area contributed by atoms with Crippen LogP contribution < -0.4 is 10.2 Å². The minimum absolute atomic E-state index is 0.102. The lowest BCUT2D eigenvalue weighted by molar-refractivity contribution is -0.129. The SMILES string of the molecule is CC1(C)[C@H]2CCC[C@]23C(=O)Nc2ccccc2N13. The number of carbonyl (C=O) groups is 1. The molecule has 1 aromatic carbocycles. The smallest absolute Gasteiger partial charge is 0.250 e. The van der Waals surface area contributed by atoms with E-state index in [2.05, 4.69) is 36.2 Å². The first-order valence-corrected chi connectivity index (χ1v) is 6.79. The monoisotopic (exact) mass is 242 g/mol. The minimum Gasteiger partial charge on any atom is -0.349 e. The van der Waals surface area contributed by atoms with Gasteiger partial charge in [-0.1, -0.05) is 18.6 Å². The highest BCUT2D eigenvalue weighted by Crippen LogP contribution is 2.63. The molecule has 0 unspecified atom stereocenters. The van der Waals surface area contributed by atoms with Crippen LogP contribution in [0.25, 0.3) is 0 Å². The van der Waals surface area contributed by atoms with Crippen molar-refractivity contribution >= 4 is 17.3 Å². The van der Waals surface area contributed by atoms with Crippen LogP contribution in [0.5, 0.6) is 0 Å². The van der Waals surface area contributed by atoms with E-state index in [1.165, 1.54) is 18.5 Å². The van der Waals surface area contributed by atoms with Crippen LogP contribution in [0.1, 0.15) is 33.1 Å². The summed E-state index contributed by atoms with van der Waals surface area (Å²) >= 11 is 0. The van der Waals surface area contributed by atoms with Gasteiger partial charge in [-0.05, 0) is 38.8 Å². The summed E-state index contributed by atoms with van der Waals surface area (Å²) in [5.74, 6) is 0.710. The highest BCUT2D eigenvalue weighted by atomic mass is 16.2. The predicted molar refractivity (Wildman–Crippen MR) is 71.7 cm³/mol. The molecule has 1 aliphatic carbocycles. The maximum Gasteiger partial charge on any atom is 0.250 e. The van der Waals surface area contributed by atoms with Crippen LogP contribution in [0.3, 0.4) is 0 Å². The third-order valence-electron chi connectivity index (χ3n) is 5.24. The third-order valence-corrected chi connectivity index (χ3v) is 5.24. The molecule has 1 aromatic rings. The van der Waals surface area contributed by atoms with Crippen molar-refractivity contribution in [1.82, 2.24) is 0 Å². The Kier molecular flexibility index (Phi) is 1.68. The molecule has 3 nitrogen and oxygen atoms in total. The first kappa shape index (κ1) is 10.4. The Labute approximate surface area is 107 Å². The summed E-state index contributed by atoms with van der Waals surface area (Å²) < 4.78 is 0. The van der Waals surface area contributed by atoms with Crippen molar-refractivity contribution in [2.45, 2.75) is 44.2 Å². The minimum atomic E-state index is -0.252. The van der Waals surface area contributed by atoms with E-state index in [0.29, 0.717) is 5.92 Å². The second kappa shape index (κ2) is 2.90. The number of carbonyl (C=O) groups excluding carboxylic acids is 1. The summed E-state index contributed by atoms with van der Waals surface area (Å²) in [5, 5.41) is 3.11. The van der Waals surface area contributed by atoms with Crippen molar-refractivity contribution in [1.29, 1.82) is 0 Å². The van der Waals surface area contributed by atoms with Gasteiger partial charge >= 0.3 is 0 Å². The van der Waals surface area contributed by atoms with Crippen molar-refractivity contribution in [2.75, 3.05) is 10.2 Å². The van der Waals surface area contributed by atoms with Gasteiger partial charge in [-0.3, -0.25) is 4.79 Å². The van der Waals surface area contributed by atoms with Crippen LogP contribution in [-0.4, -0.2) is 17.0 Å². The van der Waals surface area contributed by atoms with Gasteiger partial charge < -0.3 is 10.2 Å². The number of nitrogens with one attached hydrogen (secondary N) is 1. The number of para-hydroxylation sites is 2. The second-order valence-electron chi connectivity index (χ2n) is 6.33. The van der Waals surface area contributed by atoms with Crippen LogP contribution in [-0.2, 0) is 4.79 Å². The zero-order valence-electron chi connectivity index (χ0n) is 10.9. The number of nitrogens with zero attached hydrogens (tertiary/aromatic N) is 1. The fraction of sp³-hybridized carbons (Fsp3) is 0.533. The van der Waals surface area contributed by atoms with Crippen molar-refractivity contribution in [2.24, 2.45) is 5.92 Å². The van der Waals surface area contributed by atoms with Crippen molar-refractivity contribution in [3.8, 4) is 0 Å².